The minimum atomic E-state index is -2.23. The lowest BCUT2D eigenvalue weighted by atomic mass is 9.94. The Morgan fingerprint density at radius 2 is 1.29 bits per heavy atom. The van der Waals surface area contributed by atoms with Crippen LogP contribution in [0.1, 0.15) is 54.9 Å². The van der Waals surface area contributed by atoms with Gasteiger partial charge < -0.3 is 24.3 Å². The van der Waals surface area contributed by atoms with Crippen LogP contribution in [0.5, 0.6) is 0 Å². The zero-order valence-corrected chi connectivity index (χ0v) is 29.9. The van der Waals surface area contributed by atoms with E-state index < -0.39 is 33.0 Å². The van der Waals surface area contributed by atoms with Gasteiger partial charge in [0.15, 0.2) is 16.6 Å². The molecule has 0 spiro atoms. The molecule has 0 amide bonds. The number of nitrogens with two attached hydrogens (primary N) is 1. The van der Waals surface area contributed by atoms with Crippen LogP contribution in [0.3, 0.4) is 0 Å². The minimum Gasteiger partial charge on any atom is -0.415 e. The molecule has 2 unspecified atom stereocenters. The van der Waals surface area contributed by atoms with E-state index in [1.54, 1.807) is 0 Å². The second kappa shape index (κ2) is 12.0. The zero-order valence-electron chi connectivity index (χ0n) is 25.9. The summed E-state index contributed by atoms with van der Waals surface area (Å²) < 4.78 is 21.1. The van der Waals surface area contributed by atoms with Gasteiger partial charge in [-0.15, -0.1) is 0 Å². The third-order valence-corrected chi connectivity index (χ3v) is 22.6. The predicted octanol–water partition coefficient (Wildman–Crippen LogP) is 6.73. The van der Waals surface area contributed by atoms with Gasteiger partial charge in [0.2, 0.25) is 8.32 Å². The van der Waals surface area contributed by atoms with Gasteiger partial charge in [-0.25, -0.2) is 0 Å². The second-order valence-corrected chi connectivity index (χ2v) is 33.2. The molecule has 0 aromatic rings. The molecule has 2 atom stereocenters. The Morgan fingerprint density at radius 3 is 1.71 bits per heavy atom. The van der Waals surface area contributed by atoms with Gasteiger partial charge in [-0.3, -0.25) is 0 Å². The molecule has 0 aliphatic heterocycles. The summed E-state index contributed by atoms with van der Waals surface area (Å²) >= 11 is 0. The Balaban J connectivity index is 5.99. The van der Waals surface area contributed by atoms with E-state index in [0.717, 1.165) is 25.6 Å². The predicted molar refractivity (Wildman–Crippen MR) is 162 cm³/mol. The smallest absolute Gasteiger partial charge is 0.217 e. The molecule has 5 nitrogen and oxygen atoms in total. The lowest BCUT2D eigenvalue weighted by Crippen LogP contribution is -2.64. The molecular weight excluding hydrogens is 489 g/mol. The van der Waals surface area contributed by atoms with E-state index in [0.29, 0.717) is 6.54 Å². The molecule has 0 saturated carbocycles. The van der Waals surface area contributed by atoms with Gasteiger partial charge in [0, 0.05) is 23.4 Å². The Kier molecular flexibility index (Phi) is 12.3. The van der Waals surface area contributed by atoms with Crippen molar-refractivity contribution in [3.8, 4) is 0 Å². The third kappa shape index (κ3) is 9.52. The van der Waals surface area contributed by atoms with Crippen molar-refractivity contribution in [2.45, 2.75) is 141 Å². The average molecular weight is 551 g/mol. The van der Waals surface area contributed by atoms with Crippen LogP contribution >= 0.6 is 0 Å². The first kappa shape index (κ1) is 34.7. The highest BCUT2D eigenvalue weighted by Gasteiger charge is 2.57. The van der Waals surface area contributed by atoms with Crippen molar-refractivity contribution in [3.63, 3.8) is 0 Å². The van der Waals surface area contributed by atoms with Crippen LogP contribution in [0.25, 0.3) is 0 Å². The maximum atomic E-state index is 7.34. The molecule has 3 N–H and O–H groups in total. The van der Waals surface area contributed by atoms with Crippen molar-refractivity contribution in [2.24, 2.45) is 5.73 Å². The van der Waals surface area contributed by atoms with Gasteiger partial charge in [-0.05, 0) is 92.9 Å². The molecule has 34 heavy (non-hydrogen) atoms. The molecule has 0 fully saturated rings. The first-order valence-corrected chi connectivity index (χ1v) is 25.9. The molecule has 9 heteroatoms. The van der Waals surface area contributed by atoms with Crippen molar-refractivity contribution in [3.05, 3.63) is 0 Å². The third-order valence-electron chi connectivity index (χ3n) is 8.55. The van der Waals surface area contributed by atoms with E-state index in [4.69, 9.17) is 19.0 Å². The Hall–Kier alpha value is 0.668. The minimum absolute atomic E-state index is 0.0836. The van der Waals surface area contributed by atoms with Crippen LogP contribution in [0, 0.1) is 0 Å². The van der Waals surface area contributed by atoms with Crippen LogP contribution in [0.2, 0.25) is 70.0 Å². The largest absolute Gasteiger partial charge is 0.415 e. The summed E-state index contributed by atoms with van der Waals surface area (Å²) in [5, 5.41) is 3.27. The second-order valence-electron chi connectivity index (χ2n) is 14.4. The van der Waals surface area contributed by atoms with Crippen molar-refractivity contribution in [1.82, 2.24) is 5.32 Å². The Labute approximate surface area is 218 Å². The maximum Gasteiger partial charge on any atom is 0.217 e. The fraction of sp³-hybridized carbons (Fsp3) is 1.00. The number of hydrogen-bond acceptors (Lipinski definition) is 5. The summed E-state index contributed by atoms with van der Waals surface area (Å²) in [6.45, 7) is 39.9. The molecule has 0 heterocycles. The molecule has 0 bridgehead atoms. The van der Waals surface area contributed by atoms with Gasteiger partial charge in [0.05, 0.1) is 19.4 Å². The Morgan fingerprint density at radius 1 is 0.794 bits per heavy atom. The Bertz CT molecular complexity index is 629. The summed E-state index contributed by atoms with van der Waals surface area (Å²) in [6, 6.07) is 1.07. The fourth-order valence-corrected chi connectivity index (χ4v) is 15.4. The summed E-state index contributed by atoms with van der Waals surface area (Å²) in [5.74, 6) is 0. The van der Waals surface area contributed by atoms with E-state index in [1.165, 1.54) is 0 Å². The normalized spacial score (nSPS) is 17.6. The van der Waals surface area contributed by atoms with Gasteiger partial charge in [0.1, 0.15) is 0 Å². The lowest BCUT2D eigenvalue weighted by Gasteiger charge is -2.56. The molecular formula is C25H62N2O3Si4. The highest BCUT2D eigenvalue weighted by Crippen LogP contribution is 2.52. The van der Waals surface area contributed by atoms with Gasteiger partial charge in [-0.2, -0.15) is 0 Å². The van der Waals surface area contributed by atoms with Gasteiger partial charge >= 0.3 is 0 Å². The molecule has 0 aliphatic rings. The van der Waals surface area contributed by atoms with Crippen LogP contribution in [0.4, 0.5) is 0 Å². The van der Waals surface area contributed by atoms with Crippen LogP contribution in [-0.2, 0) is 13.3 Å². The van der Waals surface area contributed by atoms with Crippen LogP contribution in [0.15, 0.2) is 0 Å². The summed E-state index contributed by atoms with van der Waals surface area (Å²) in [5.41, 5.74) is 5.47. The number of hydrogen-bond donors (Lipinski definition) is 2. The van der Waals surface area contributed by atoms with Crippen molar-refractivity contribution >= 4 is 33.0 Å². The van der Waals surface area contributed by atoms with E-state index in [1.807, 2.05) is 0 Å². The molecule has 0 aromatic heterocycles. The monoisotopic (exact) mass is 550 g/mol. The quantitative estimate of drug-likeness (QED) is 0.165. The van der Waals surface area contributed by atoms with Crippen molar-refractivity contribution < 1.29 is 13.3 Å². The van der Waals surface area contributed by atoms with E-state index in [2.05, 4.69) is 113 Å². The maximum absolute atomic E-state index is 7.34. The average Bonchev–Trinajstić information content (AvgIpc) is 2.57. The molecule has 0 aliphatic carbocycles. The van der Waals surface area contributed by atoms with Crippen molar-refractivity contribution in [2.75, 3.05) is 19.6 Å². The summed E-state index contributed by atoms with van der Waals surface area (Å²) in [4.78, 5) is 0. The molecule has 206 valence electrons. The lowest BCUT2D eigenvalue weighted by molar-refractivity contribution is 0.0266. The molecule has 0 aromatic carbocycles. The van der Waals surface area contributed by atoms with Crippen LogP contribution in [-0.4, -0.2) is 69.2 Å². The number of nitrogens with one attached hydrogen (secondary N) is 1. The van der Waals surface area contributed by atoms with E-state index in [-0.39, 0.29) is 21.6 Å². The first-order valence-electron chi connectivity index (χ1n) is 13.3. The molecule has 0 saturated heterocycles. The van der Waals surface area contributed by atoms with E-state index in [9.17, 15) is 0 Å². The van der Waals surface area contributed by atoms with Crippen LogP contribution < -0.4 is 11.1 Å². The van der Waals surface area contributed by atoms with Crippen molar-refractivity contribution in [1.29, 1.82) is 0 Å². The highest BCUT2D eigenvalue weighted by molar-refractivity contribution is 6.81. The topological polar surface area (TPSA) is 65.7 Å². The number of rotatable bonds is 16. The molecule has 0 rings (SSSR count). The fourth-order valence-electron chi connectivity index (χ4n) is 4.14. The van der Waals surface area contributed by atoms with Gasteiger partial charge in [0.25, 0.3) is 0 Å². The summed E-state index contributed by atoms with van der Waals surface area (Å²) in [6.07, 6.45) is 1.08. The summed E-state index contributed by atoms with van der Waals surface area (Å²) in [7, 11) is -7.59. The van der Waals surface area contributed by atoms with E-state index >= 15 is 0 Å². The standard InChI is InChI=1S/C25H62N2O3Si4/c1-22(28-32(11,12)13)34(16,21-17-19-27-20-18-26)29-23(2,3)24(4,5)33(14,15)30-25(6,7)31(8,9)10/h22,27H,17-21,26H2,1-16H3. The zero-order chi connectivity index (χ0) is 27.4. The SMILES string of the molecule is CC(O[Si](C)(C)C)[Si](C)(CCCNCCN)OC(C)(C)C(C)(C)[Si](C)(C)OC(C)(C)[Si](C)(C)C. The first-order chi connectivity index (χ1) is 14.9. The highest BCUT2D eigenvalue weighted by atomic mass is 28.4. The molecule has 0 radical (unpaired) electrons. The van der Waals surface area contributed by atoms with Gasteiger partial charge in [-0.1, -0.05) is 33.5 Å².